The summed E-state index contributed by atoms with van der Waals surface area (Å²) in [4.78, 5) is 13.5. The quantitative estimate of drug-likeness (QED) is 0.888. The molecule has 1 saturated heterocycles. The lowest BCUT2D eigenvalue weighted by atomic mass is 10.0. The Labute approximate surface area is 109 Å². The molecule has 1 heterocycles. The number of nitrogens with one attached hydrogen (secondary N) is 1. The first-order chi connectivity index (χ1) is 8.66. The zero-order valence-corrected chi connectivity index (χ0v) is 11.2. The highest BCUT2D eigenvalue weighted by Gasteiger charge is 2.23. The Morgan fingerprint density at radius 1 is 1.28 bits per heavy atom. The predicted molar refractivity (Wildman–Crippen MR) is 73.3 cm³/mol. The molecule has 3 nitrogen and oxygen atoms in total. The standard InChI is InChI=1S/C15H22N2O/c1-12(14-6-4-3-5-7-14)17-10-8-15(9-11-17)16-13(2)18/h3-7,12,15H,8-11H2,1-2H3,(H,16,18). The van der Waals surface area contributed by atoms with Crippen molar-refractivity contribution < 1.29 is 4.79 Å². The van der Waals surface area contributed by atoms with Gasteiger partial charge in [-0.05, 0) is 25.3 Å². The molecule has 1 unspecified atom stereocenters. The number of likely N-dealkylation sites (tertiary alicyclic amines) is 1. The highest BCUT2D eigenvalue weighted by molar-refractivity contribution is 5.73. The lowest BCUT2D eigenvalue weighted by Crippen LogP contribution is -2.44. The van der Waals surface area contributed by atoms with Crippen molar-refractivity contribution in [2.24, 2.45) is 0 Å². The third-order valence-corrected chi connectivity index (χ3v) is 3.77. The second kappa shape index (κ2) is 6.01. The molecule has 18 heavy (non-hydrogen) atoms. The molecule has 1 N–H and O–H groups in total. The van der Waals surface area contributed by atoms with Gasteiger partial charge in [0, 0.05) is 32.1 Å². The largest absolute Gasteiger partial charge is 0.354 e. The maximum absolute atomic E-state index is 11.0. The molecular weight excluding hydrogens is 224 g/mol. The summed E-state index contributed by atoms with van der Waals surface area (Å²) in [5.74, 6) is 0.0876. The van der Waals surface area contributed by atoms with Crippen LogP contribution < -0.4 is 5.32 Å². The summed E-state index contributed by atoms with van der Waals surface area (Å²) in [6.07, 6.45) is 2.10. The predicted octanol–water partition coefficient (Wildman–Crippen LogP) is 2.35. The van der Waals surface area contributed by atoms with Crippen molar-refractivity contribution >= 4 is 5.91 Å². The number of piperidine rings is 1. The summed E-state index contributed by atoms with van der Waals surface area (Å²) < 4.78 is 0. The number of nitrogens with zero attached hydrogens (tertiary/aromatic N) is 1. The normalized spacial score (nSPS) is 19.4. The molecule has 0 aliphatic carbocycles. The molecule has 1 aliphatic heterocycles. The second-order valence-corrected chi connectivity index (χ2v) is 5.10. The minimum absolute atomic E-state index is 0.0876. The molecule has 1 aromatic carbocycles. The monoisotopic (exact) mass is 246 g/mol. The van der Waals surface area contributed by atoms with E-state index < -0.39 is 0 Å². The van der Waals surface area contributed by atoms with E-state index in [1.807, 2.05) is 0 Å². The van der Waals surface area contributed by atoms with Crippen LogP contribution in [0.5, 0.6) is 0 Å². The van der Waals surface area contributed by atoms with Gasteiger partial charge in [-0.2, -0.15) is 0 Å². The summed E-state index contributed by atoms with van der Waals surface area (Å²) in [6, 6.07) is 11.4. The smallest absolute Gasteiger partial charge is 0.217 e. The van der Waals surface area contributed by atoms with E-state index in [9.17, 15) is 4.79 Å². The number of benzene rings is 1. The van der Waals surface area contributed by atoms with Crippen LogP contribution in [0.15, 0.2) is 30.3 Å². The van der Waals surface area contributed by atoms with E-state index in [4.69, 9.17) is 0 Å². The van der Waals surface area contributed by atoms with Gasteiger partial charge in [0.25, 0.3) is 0 Å². The molecule has 98 valence electrons. The van der Waals surface area contributed by atoms with E-state index >= 15 is 0 Å². The van der Waals surface area contributed by atoms with E-state index in [-0.39, 0.29) is 5.91 Å². The van der Waals surface area contributed by atoms with Crippen LogP contribution in [0.1, 0.15) is 38.3 Å². The number of rotatable bonds is 3. The second-order valence-electron chi connectivity index (χ2n) is 5.10. The first kappa shape index (κ1) is 13.1. The third kappa shape index (κ3) is 3.33. The molecule has 0 bridgehead atoms. The molecule has 2 rings (SSSR count). The summed E-state index contributed by atoms with van der Waals surface area (Å²) >= 11 is 0. The van der Waals surface area contributed by atoms with Gasteiger partial charge in [-0.25, -0.2) is 0 Å². The van der Waals surface area contributed by atoms with Crippen LogP contribution in [0, 0.1) is 0 Å². The van der Waals surface area contributed by atoms with Crippen molar-refractivity contribution in [1.29, 1.82) is 0 Å². The molecule has 0 aromatic heterocycles. The van der Waals surface area contributed by atoms with Gasteiger partial charge in [-0.1, -0.05) is 30.3 Å². The van der Waals surface area contributed by atoms with E-state index in [0.717, 1.165) is 25.9 Å². The molecule has 0 saturated carbocycles. The average molecular weight is 246 g/mol. The Hall–Kier alpha value is -1.35. The minimum atomic E-state index is 0.0876. The minimum Gasteiger partial charge on any atom is -0.354 e. The summed E-state index contributed by atoms with van der Waals surface area (Å²) in [7, 11) is 0. The van der Waals surface area contributed by atoms with Gasteiger partial charge in [-0.15, -0.1) is 0 Å². The van der Waals surface area contributed by atoms with Crippen molar-refractivity contribution in [1.82, 2.24) is 10.2 Å². The average Bonchev–Trinajstić information content (AvgIpc) is 2.39. The van der Waals surface area contributed by atoms with Crippen LogP contribution in [0.2, 0.25) is 0 Å². The van der Waals surface area contributed by atoms with Gasteiger partial charge >= 0.3 is 0 Å². The number of carbonyl (C=O) groups is 1. The lowest BCUT2D eigenvalue weighted by molar-refractivity contribution is -0.120. The fraction of sp³-hybridized carbons (Fsp3) is 0.533. The summed E-state index contributed by atoms with van der Waals surface area (Å²) in [5, 5.41) is 3.02. The zero-order valence-electron chi connectivity index (χ0n) is 11.2. The fourth-order valence-electron chi connectivity index (χ4n) is 2.66. The van der Waals surface area contributed by atoms with Crippen molar-refractivity contribution in [2.75, 3.05) is 13.1 Å². The number of amides is 1. The molecule has 1 fully saturated rings. The fourth-order valence-corrected chi connectivity index (χ4v) is 2.66. The Morgan fingerprint density at radius 3 is 2.44 bits per heavy atom. The summed E-state index contributed by atoms with van der Waals surface area (Å²) in [5.41, 5.74) is 1.37. The SMILES string of the molecule is CC(=O)NC1CCN(C(C)c2ccccc2)CC1. The first-order valence-electron chi connectivity index (χ1n) is 6.73. The Bertz CT molecular complexity index is 383. The van der Waals surface area contributed by atoms with Gasteiger partial charge in [0.2, 0.25) is 5.91 Å². The maximum Gasteiger partial charge on any atom is 0.217 e. The van der Waals surface area contributed by atoms with E-state index in [2.05, 4.69) is 47.5 Å². The van der Waals surface area contributed by atoms with E-state index in [1.54, 1.807) is 6.92 Å². The van der Waals surface area contributed by atoms with Crippen LogP contribution in [0.4, 0.5) is 0 Å². The first-order valence-corrected chi connectivity index (χ1v) is 6.73. The van der Waals surface area contributed by atoms with Crippen molar-refractivity contribution in [3.63, 3.8) is 0 Å². The van der Waals surface area contributed by atoms with Gasteiger partial charge < -0.3 is 5.32 Å². The van der Waals surface area contributed by atoms with Crippen molar-refractivity contribution in [3.8, 4) is 0 Å². The lowest BCUT2D eigenvalue weighted by Gasteiger charge is -2.36. The highest BCUT2D eigenvalue weighted by atomic mass is 16.1. The highest BCUT2D eigenvalue weighted by Crippen LogP contribution is 2.23. The number of carbonyl (C=O) groups excluding carboxylic acids is 1. The number of hydrogen-bond donors (Lipinski definition) is 1. The number of hydrogen-bond acceptors (Lipinski definition) is 2. The van der Waals surface area contributed by atoms with E-state index in [0.29, 0.717) is 12.1 Å². The maximum atomic E-state index is 11.0. The molecule has 1 amide bonds. The van der Waals surface area contributed by atoms with Crippen LogP contribution >= 0.6 is 0 Å². The van der Waals surface area contributed by atoms with Crippen LogP contribution in [-0.2, 0) is 4.79 Å². The molecule has 0 radical (unpaired) electrons. The topological polar surface area (TPSA) is 32.3 Å². The molecule has 3 heteroatoms. The van der Waals surface area contributed by atoms with Crippen LogP contribution in [0.3, 0.4) is 0 Å². The summed E-state index contributed by atoms with van der Waals surface area (Å²) in [6.45, 7) is 5.97. The molecule has 0 spiro atoms. The molecular formula is C15H22N2O. The molecule has 1 aromatic rings. The Balaban J connectivity index is 1.88. The van der Waals surface area contributed by atoms with Crippen LogP contribution in [-0.4, -0.2) is 29.9 Å². The van der Waals surface area contributed by atoms with Gasteiger partial charge in [-0.3, -0.25) is 9.69 Å². The Kier molecular flexibility index (Phi) is 4.37. The Morgan fingerprint density at radius 2 is 1.89 bits per heavy atom. The molecule has 1 aliphatic rings. The van der Waals surface area contributed by atoms with E-state index in [1.165, 1.54) is 5.56 Å². The third-order valence-electron chi connectivity index (χ3n) is 3.77. The van der Waals surface area contributed by atoms with Gasteiger partial charge in [0.1, 0.15) is 0 Å². The van der Waals surface area contributed by atoms with Crippen LogP contribution in [0.25, 0.3) is 0 Å². The molecule has 1 atom stereocenters. The van der Waals surface area contributed by atoms with Crippen molar-refractivity contribution in [2.45, 2.75) is 38.8 Å². The van der Waals surface area contributed by atoms with Gasteiger partial charge in [0.05, 0.1) is 0 Å². The van der Waals surface area contributed by atoms with Crippen molar-refractivity contribution in [3.05, 3.63) is 35.9 Å². The zero-order chi connectivity index (χ0) is 13.0. The van der Waals surface area contributed by atoms with Gasteiger partial charge in [0.15, 0.2) is 0 Å².